The minimum absolute atomic E-state index is 0.0401. The number of hydrogen-bond donors (Lipinski definition) is 0. The van der Waals surface area contributed by atoms with E-state index in [4.69, 9.17) is 0 Å². The fourth-order valence-electron chi connectivity index (χ4n) is 2.48. The second-order valence-corrected chi connectivity index (χ2v) is 4.93. The minimum Gasteiger partial charge on any atom is -0.338 e. The van der Waals surface area contributed by atoms with Gasteiger partial charge in [0, 0.05) is 25.5 Å². The lowest BCUT2D eigenvalue weighted by Crippen LogP contribution is -2.44. The lowest BCUT2D eigenvalue weighted by Gasteiger charge is -2.36. The van der Waals surface area contributed by atoms with Crippen molar-refractivity contribution >= 4 is 5.91 Å². The number of amides is 1. The van der Waals surface area contributed by atoms with Gasteiger partial charge in [-0.1, -0.05) is 13.3 Å². The Hall–Kier alpha value is -1.45. The molecule has 1 saturated heterocycles. The van der Waals surface area contributed by atoms with Gasteiger partial charge in [0.05, 0.1) is 5.56 Å². The zero-order valence-corrected chi connectivity index (χ0v) is 10.7. The SMILES string of the molecule is CCCC1(F)CCN(C(=O)c2cccnc2)CC1. The molecule has 0 spiro atoms. The van der Waals surface area contributed by atoms with Gasteiger partial charge in [0.15, 0.2) is 0 Å². The molecule has 1 aliphatic rings. The van der Waals surface area contributed by atoms with E-state index in [0.717, 1.165) is 6.42 Å². The van der Waals surface area contributed by atoms with Crippen molar-refractivity contribution in [1.29, 1.82) is 0 Å². The van der Waals surface area contributed by atoms with Crippen LogP contribution < -0.4 is 0 Å². The van der Waals surface area contributed by atoms with Crippen LogP contribution in [0.25, 0.3) is 0 Å². The summed E-state index contributed by atoms with van der Waals surface area (Å²) in [6.45, 7) is 3.00. The van der Waals surface area contributed by atoms with Crippen molar-refractivity contribution in [3.63, 3.8) is 0 Å². The largest absolute Gasteiger partial charge is 0.338 e. The van der Waals surface area contributed by atoms with Gasteiger partial charge in [-0.2, -0.15) is 0 Å². The van der Waals surface area contributed by atoms with Gasteiger partial charge in [0.1, 0.15) is 5.67 Å². The molecule has 0 aliphatic carbocycles. The third kappa shape index (κ3) is 2.86. The molecule has 98 valence electrons. The highest BCUT2D eigenvalue weighted by Crippen LogP contribution is 2.31. The van der Waals surface area contributed by atoms with Crippen LogP contribution in [0.3, 0.4) is 0 Å². The van der Waals surface area contributed by atoms with Crippen LogP contribution in [0.2, 0.25) is 0 Å². The Kier molecular flexibility index (Phi) is 3.94. The average molecular weight is 250 g/mol. The Morgan fingerprint density at radius 3 is 2.78 bits per heavy atom. The highest BCUT2D eigenvalue weighted by molar-refractivity contribution is 5.93. The number of carbonyl (C=O) groups excluding carboxylic acids is 1. The zero-order valence-electron chi connectivity index (χ0n) is 10.7. The molecule has 1 aromatic rings. The van der Waals surface area contributed by atoms with Crippen molar-refractivity contribution in [2.45, 2.75) is 38.3 Å². The molecule has 0 radical (unpaired) electrons. The summed E-state index contributed by atoms with van der Waals surface area (Å²) < 4.78 is 14.3. The van der Waals surface area contributed by atoms with Crippen LogP contribution in [0.4, 0.5) is 4.39 Å². The van der Waals surface area contributed by atoms with Crippen LogP contribution in [-0.4, -0.2) is 34.5 Å². The summed E-state index contributed by atoms with van der Waals surface area (Å²) in [6.07, 6.45) is 5.56. The Morgan fingerprint density at radius 2 is 2.22 bits per heavy atom. The molecule has 1 fully saturated rings. The second-order valence-electron chi connectivity index (χ2n) is 4.93. The van der Waals surface area contributed by atoms with Gasteiger partial charge in [-0.05, 0) is 31.4 Å². The van der Waals surface area contributed by atoms with Crippen molar-refractivity contribution in [2.24, 2.45) is 0 Å². The highest BCUT2D eigenvalue weighted by atomic mass is 19.1. The summed E-state index contributed by atoms with van der Waals surface area (Å²) in [6, 6.07) is 3.49. The summed E-state index contributed by atoms with van der Waals surface area (Å²) in [5, 5.41) is 0. The summed E-state index contributed by atoms with van der Waals surface area (Å²) in [4.78, 5) is 17.8. The van der Waals surface area contributed by atoms with Crippen LogP contribution in [0.1, 0.15) is 43.0 Å². The van der Waals surface area contributed by atoms with Crippen LogP contribution >= 0.6 is 0 Å². The number of nitrogens with zero attached hydrogens (tertiary/aromatic N) is 2. The molecule has 0 atom stereocenters. The molecule has 0 bridgehead atoms. The first kappa shape index (κ1) is 13.0. The maximum atomic E-state index is 14.3. The Bertz CT molecular complexity index is 400. The van der Waals surface area contributed by atoms with Gasteiger partial charge < -0.3 is 4.90 Å². The van der Waals surface area contributed by atoms with Gasteiger partial charge in [-0.3, -0.25) is 9.78 Å². The van der Waals surface area contributed by atoms with Gasteiger partial charge >= 0.3 is 0 Å². The van der Waals surface area contributed by atoms with Gasteiger partial charge in [0.25, 0.3) is 5.91 Å². The quantitative estimate of drug-likeness (QED) is 0.826. The smallest absolute Gasteiger partial charge is 0.255 e. The lowest BCUT2D eigenvalue weighted by atomic mass is 9.89. The number of carbonyl (C=O) groups is 1. The number of pyridine rings is 1. The van der Waals surface area contributed by atoms with E-state index in [1.54, 1.807) is 29.4 Å². The molecule has 3 nitrogen and oxygen atoms in total. The Balaban J connectivity index is 1.96. The molecule has 4 heteroatoms. The number of aromatic nitrogens is 1. The Morgan fingerprint density at radius 1 is 1.50 bits per heavy atom. The van der Waals surface area contributed by atoms with Gasteiger partial charge in [-0.25, -0.2) is 4.39 Å². The van der Waals surface area contributed by atoms with Gasteiger partial charge in [-0.15, -0.1) is 0 Å². The number of rotatable bonds is 3. The summed E-state index contributed by atoms with van der Waals surface area (Å²) in [5.74, 6) is -0.0401. The predicted octanol–water partition coefficient (Wildman–Crippen LogP) is 2.83. The Labute approximate surface area is 107 Å². The maximum Gasteiger partial charge on any atom is 0.255 e. The summed E-state index contributed by atoms with van der Waals surface area (Å²) in [7, 11) is 0. The van der Waals surface area contributed by atoms with E-state index < -0.39 is 5.67 Å². The first-order chi connectivity index (χ1) is 8.64. The second kappa shape index (κ2) is 5.46. The number of alkyl halides is 1. The molecule has 0 unspecified atom stereocenters. The predicted molar refractivity (Wildman–Crippen MR) is 68.1 cm³/mol. The lowest BCUT2D eigenvalue weighted by molar-refractivity contribution is 0.0395. The standard InChI is InChI=1S/C14H19FN2O/c1-2-5-14(15)6-9-17(10-7-14)13(18)12-4-3-8-16-11-12/h3-4,8,11H,2,5-7,9-10H2,1H3. The molecule has 1 aliphatic heterocycles. The minimum atomic E-state index is -1.07. The zero-order chi connectivity index (χ0) is 13.0. The third-order valence-electron chi connectivity index (χ3n) is 3.55. The first-order valence-corrected chi connectivity index (χ1v) is 6.53. The van der Waals surface area contributed by atoms with E-state index >= 15 is 0 Å². The van der Waals surface area contributed by atoms with E-state index in [1.165, 1.54) is 0 Å². The monoisotopic (exact) mass is 250 g/mol. The average Bonchev–Trinajstić information content (AvgIpc) is 2.40. The van der Waals surface area contributed by atoms with Crippen LogP contribution in [0.5, 0.6) is 0 Å². The van der Waals surface area contributed by atoms with E-state index in [0.29, 0.717) is 37.9 Å². The maximum absolute atomic E-state index is 14.3. The number of hydrogen-bond acceptors (Lipinski definition) is 2. The molecule has 0 aromatic carbocycles. The molecule has 0 saturated carbocycles. The van der Waals surface area contributed by atoms with Crippen LogP contribution in [0.15, 0.2) is 24.5 Å². The number of piperidine rings is 1. The fraction of sp³-hybridized carbons (Fsp3) is 0.571. The summed E-state index contributed by atoms with van der Waals surface area (Å²) >= 11 is 0. The van der Waals surface area contributed by atoms with E-state index in [-0.39, 0.29) is 5.91 Å². The van der Waals surface area contributed by atoms with Crippen molar-refractivity contribution < 1.29 is 9.18 Å². The molecular formula is C14H19FN2O. The number of halogens is 1. The molecular weight excluding hydrogens is 231 g/mol. The summed E-state index contributed by atoms with van der Waals surface area (Å²) in [5.41, 5.74) is -0.486. The molecule has 2 heterocycles. The highest BCUT2D eigenvalue weighted by Gasteiger charge is 2.35. The molecule has 2 rings (SSSR count). The molecule has 18 heavy (non-hydrogen) atoms. The topological polar surface area (TPSA) is 33.2 Å². The third-order valence-corrected chi connectivity index (χ3v) is 3.55. The van der Waals surface area contributed by atoms with Crippen molar-refractivity contribution in [1.82, 2.24) is 9.88 Å². The van der Waals surface area contributed by atoms with Gasteiger partial charge in [0.2, 0.25) is 0 Å². The normalized spacial score (nSPS) is 18.7. The van der Waals surface area contributed by atoms with Crippen molar-refractivity contribution in [3.8, 4) is 0 Å². The van der Waals surface area contributed by atoms with Crippen LogP contribution in [-0.2, 0) is 0 Å². The van der Waals surface area contributed by atoms with E-state index in [1.807, 2.05) is 6.92 Å². The number of likely N-dealkylation sites (tertiary alicyclic amines) is 1. The van der Waals surface area contributed by atoms with Crippen LogP contribution in [0, 0.1) is 0 Å². The molecule has 1 aromatic heterocycles. The molecule has 0 N–H and O–H groups in total. The fourth-order valence-corrected chi connectivity index (χ4v) is 2.48. The van der Waals surface area contributed by atoms with E-state index in [2.05, 4.69) is 4.98 Å². The first-order valence-electron chi connectivity index (χ1n) is 6.53. The van der Waals surface area contributed by atoms with E-state index in [9.17, 15) is 9.18 Å². The van der Waals surface area contributed by atoms with Crippen molar-refractivity contribution in [3.05, 3.63) is 30.1 Å². The van der Waals surface area contributed by atoms with Crippen molar-refractivity contribution in [2.75, 3.05) is 13.1 Å². The molecule has 1 amide bonds.